The Hall–Kier alpha value is -3.21. The summed E-state index contributed by atoms with van der Waals surface area (Å²) in [7, 11) is 0. The van der Waals surface area contributed by atoms with Gasteiger partial charge in [-0.3, -0.25) is 14.2 Å². The van der Waals surface area contributed by atoms with Gasteiger partial charge in [-0.25, -0.2) is 4.98 Å². The molecule has 0 unspecified atom stereocenters. The van der Waals surface area contributed by atoms with Crippen LogP contribution >= 0.6 is 0 Å². The number of carbonyl (C=O) groups excluding carboxylic acids is 1. The predicted molar refractivity (Wildman–Crippen MR) is 108 cm³/mol. The average Bonchev–Trinajstić information content (AvgIpc) is 2.67. The molecule has 0 atom stereocenters. The van der Waals surface area contributed by atoms with Crippen molar-refractivity contribution in [1.29, 1.82) is 0 Å². The molecule has 5 nitrogen and oxygen atoms in total. The maximum Gasteiger partial charge on any atom is 0.254 e. The molecule has 0 radical (unpaired) electrons. The number of hydrogen-bond donors (Lipinski definition) is 1. The monoisotopic (exact) mass is 361 g/mol. The highest BCUT2D eigenvalue weighted by molar-refractivity contribution is 5.92. The van der Waals surface area contributed by atoms with Gasteiger partial charge in [0.25, 0.3) is 5.56 Å². The Morgan fingerprint density at radius 1 is 1.04 bits per heavy atom. The van der Waals surface area contributed by atoms with Crippen molar-refractivity contribution in [3.63, 3.8) is 0 Å². The number of benzene rings is 2. The van der Waals surface area contributed by atoms with Gasteiger partial charge in [-0.15, -0.1) is 0 Å². The van der Waals surface area contributed by atoms with E-state index in [-0.39, 0.29) is 18.0 Å². The Labute approximate surface area is 158 Å². The first-order chi connectivity index (χ1) is 13.0. The fourth-order valence-corrected chi connectivity index (χ4v) is 3.03. The second-order valence-electron chi connectivity index (χ2n) is 6.53. The highest BCUT2D eigenvalue weighted by Crippen LogP contribution is 2.20. The van der Waals surface area contributed by atoms with Crippen LogP contribution in [0, 0.1) is 13.8 Å². The normalized spacial score (nSPS) is 10.6. The van der Waals surface area contributed by atoms with E-state index < -0.39 is 0 Å². The molecular formula is C22H23N3O2. The standard InChI is InChI=1S/C22H23N3O2/c1-4-18-13-20(27)25(22(23-18)17-11-6-5-7-12-17)14-19(26)24-21-15(2)9-8-10-16(21)3/h5-13H,4,14H2,1-3H3,(H,24,26). The summed E-state index contributed by atoms with van der Waals surface area (Å²) in [4.78, 5) is 29.9. The van der Waals surface area contributed by atoms with Gasteiger partial charge in [0.1, 0.15) is 12.4 Å². The van der Waals surface area contributed by atoms with Crippen molar-refractivity contribution in [3.8, 4) is 11.4 Å². The molecule has 0 aliphatic carbocycles. The van der Waals surface area contributed by atoms with Crippen LogP contribution in [-0.2, 0) is 17.8 Å². The molecule has 0 fully saturated rings. The minimum absolute atomic E-state index is 0.0895. The van der Waals surface area contributed by atoms with Crippen LogP contribution < -0.4 is 10.9 Å². The lowest BCUT2D eigenvalue weighted by molar-refractivity contribution is -0.116. The molecule has 1 amide bonds. The first-order valence-corrected chi connectivity index (χ1v) is 9.02. The third kappa shape index (κ3) is 4.14. The van der Waals surface area contributed by atoms with E-state index in [1.807, 2.05) is 69.3 Å². The van der Waals surface area contributed by atoms with E-state index in [4.69, 9.17) is 0 Å². The maximum atomic E-state index is 12.7. The molecule has 1 N–H and O–H groups in total. The summed E-state index contributed by atoms with van der Waals surface area (Å²) in [6, 6.07) is 16.8. The van der Waals surface area contributed by atoms with Crippen LogP contribution in [0.5, 0.6) is 0 Å². The molecule has 5 heteroatoms. The SMILES string of the molecule is CCc1cc(=O)n(CC(=O)Nc2c(C)cccc2C)c(-c2ccccc2)n1. The van der Waals surface area contributed by atoms with Gasteiger partial charge in [-0.1, -0.05) is 55.5 Å². The predicted octanol–water partition coefficient (Wildman–Crippen LogP) is 3.73. The van der Waals surface area contributed by atoms with E-state index in [1.165, 1.54) is 10.6 Å². The minimum Gasteiger partial charge on any atom is -0.324 e. The largest absolute Gasteiger partial charge is 0.324 e. The lowest BCUT2D eigenvalue weighted by Crippen LogP contribution is -2.30. The Morgan fingerprint density at radius 2 is 1.70 bits per heavy atom. The number of nitrogens with zero attached hydrogens (tertiary/aromatic N) is 2. The number of rotatable bonds is 5. The molecule has 0 spiro atoms. The minimum atomic E-state index is -0.252. The van der Waals surface area contributed by atoms with Gasteiger partial charge in [0.2, 0.25) is 5.91 Å². The zero-order chi connectivity index (χ0) is 19.4. The summed E-state index contributed by atoms with van der Waals surface area (Å²) in [6.45, 7) is 5.76. The summed E-state index contributed by atoms with van der Waals surface area (Å²) in [6.07, 6.45) is 0.657. The Morgan fingerprint density at radius 3 is 2.33 bits per heavy atom. The zero-order valence-electron chi connectivity index (χ0n) is 15.8. The number of nitrogens with one attached hydrogen (secondary N) is 1. The molecule has 1 heterocycles. The van der Waals surface area contributed by atoms with Crippen LogP contribution in [0.3, 0.4) is 0 Å². The number of aryl methyl sites for hydroxylation is 3. The van der Waals surface area contributed by atoms with Crippen LogP contribution in [-0.4, -0.2) is 15.5 Å². The van der Waals surface area contributed by atoms with E-state index in [9.17, 15) is 9.59 Å². The van der Waals surface area contributed by atoms with Crippen molar-refractivity contribution < 1.29 is 4.79 Å². The molecule has 2 aromatic carbocycles. The van der Waals surface area contributed by atoms with Gasteiger partial charge in [-0.2, -0.15) is 0 Å². The number of hydrogen-bond acceptors (Lipinski definition) is 3. The van der Waals surface area contributed by atoms with Crippen LogP contribution in [0.1, 0.15) is 23.7 Å². The lowest BCUT2D eigenvalue weighted by Gasteiger charge is -2.15. The topological polar surface area (TPSA) is 64.0 Å². The van der Waals surface area contributed by atoms with Crippen LogP contribution in [0.15, 0.2) is 59.4 Å². The molecule has 3 aromatic rings. The fourth-order valence-electron chi connectivity index (χ4n) is 3.03. The summed E-state index contributed by atoms with van der Waals surface area (Å²) >= 11 is 0. The molecule has 27 heavy (non-hydrogen) atoms. The van der Waals surface area contributed by atoms with Gasteiger partial charge in [0.15, 0.2) is 0 Å². The molecule has 1 aromatic heterocycles. The quantitative estimate of drug-likeness (QED) is 0.753. The summed E-state index contributed by atoms with van der Waals surface area (Å²) < 4.78 is 1.43. The first kappa shape index (κ1) is 18.6. The zero-order valence-corrected chi connectivity index (χ0v) is 15.8. The summed E-state index contributed by atoms with van der Waals surface area (Å²) in [5.41, 5.74) is 4.05. The number of para-hydroxylation sites is 1. The van der Waals surface area contributed by atoms with E-state index in [0.29, 0.717) is 17.9 Å². The lowest BCUT2D eigenvalue weighted by atomic mass is 10.1. The molecular weight excluding hydrogens is 338 g/mol. The number of carbonyl (C=O) groups is 1. The van der Waals surface area contributed by atoms with Crippen molar-refractivity contribution in [2.45, 2.75) is 33.7 Å². The van der Waals surface area contributed by atoms with Crippen molar-refractivity contribution in [2.75, 3.05) is 5.32 Å². The Kier molecular flexibility index (Phi) is 5.50. The average molecular weight is 361 g/mol. The molecule has 0 aliphatic heterocycles. The Bertz CT molecular complexity index is 1000. The van der Waals surface area contributed by atoms with Gasteiger partial charge in [-0.05, 0) is 31.4 Å². The molecule has 0 aliphatic rings. The number of aromatic nitrogens is 2. The van der Waals surface area contributed by atoms with Crippen molar-refractivity contribution in [3.05, 3.63) is 81.8 Å². The first-order valence-electron chi connectivity index (χ1n) is 9.02. The Balaban J connectivity index is 1.97. The third-order valence-corrected chi connectivity index (χ3v) is 4.50. The maximum absolute atomic E-state index is 12.7. The van der Waals surface area contributed by atoms with Crippen LogP contribution in [0.2, 0.25) is 0 Å². The van der Waals surface area contributed by atoms with Gasteiger partial charge < -0.3 is 5.32 Å². The van der Waals surface area contributed by atoms with Gasteiger partial charge >= 0.3 is 0 Å². The fraction of sp³-hybridized carbons (Fsp3) is 0.227. The highest BCUT2D eigenvalue weighted by atomic mass is 16.2. The molecule has 0 saturated heterocycles. The highest BCUT2D eigenvalue weighted by Gasteiger charge is 2.15. The molecule has 138 valence electrons. The summed E-state index contributed by atoms with van der Waals surface area (Å²) in [5.74, 6) is 0.259. The van der Waals surface area contributed by atoms with E-state index >= 15 is 0 Å². The smallest absolute Gasteiger partial charge is 0.254 e. The molecule has 0 bridgehead atoms. The number of anilines is 1. The van der Waals surface area contributed by atoms with E-state index in [0.717, 1.165) is 22.4 Å². The van der Waals surface area contributed by atoms with E-state index in [1.54, 1.807) is 0 Å². The third-order valence-electron chi connectivity index (χ3n) is 4.50. The molecule has 3 rings (SSSR count). The van der Waals surface area contributed by atoms with Crippen molar-refractivity contribution in [2.24, 2.45) is 0 Å². The van der Waals surface area contributed by atoms with Crippen molar-refractivity contribution >= 4 is 11.6 Å². The van der Waals surface area contributed by atoms with Gasteiger partial charge in [0.05, 0.1) is 0 Å². The number of amides is 1. The van der Waals surface area contributed by atoms with E-state index in [2.05, 4.69) is 10.3 Å². The van der Waals surface area contributed by atoms with Gasteiger partial charge in [0, 0.05) is 23.0 Å². The second kappa shape index (κ2) is 7.99. The van der Waals surface area contributed by atoms with Crippen LogP contribution in [0.25, 0.3) is 11.4 Å². The summed E-state index contributed by atoms with van der Waals surface area (Å²) in [5, 5.41) is 2.94. The van der Waals surface area contributed by atoms with Crippen molar-refractivity contribution in [1.82, 2.24) is 9.55 Å². The second-order valence-corrected chi connectivity index (χ2v) is 6.53. The van der Waals surface area contributed by atoms with Crippen LogP contribution in [0.4, 0.5) is 5.69 Å². The molecule has 0 saturated carbocycles.